The summed E-state index contributed by atoms with van der Waals surface area (Å²) in [5.41, 5.74) is 20.8. The fraction of sp³-hybridized carbons (Fsp3) is 0.316. The van der Waals surface area contributed by atoms with E-state index in [2.05, 4.69) is 403 Å². The molecule has 740 valence electrons. The lowest BCUT2D eigenvalue weighted by Gasteiger charge is -2.22. The number of amides is 2. The van der Waals surface area contributed by atoms with Gasteiger partial charge in [0.15, 0.2) is 49.6 Å². The molecule has 6 aromatic heterocycles. The fourth-order valence-corrected chi connectivity index (χ4v) is 21.8. The number of aromatic nitrogens is 6. The molecule has 0 radical (unpaired) electrons. The Balaban J connectivity index is 0.000000221. The third kappa shape index (κ3) is 39.3. The molecule has 0 bridgehead atoms. The van der Waals surface area contributed by atoms with Gasteiger partial charge in [-0.05, 0) is 182 Å². The van der Waals surface area contributed by atoms with E-state index in [0.29, 0.717) is 25.9 Å². The minimum atomic E-state index is -0.366. The van der Waals surface area contributed by atoms with E-state index in [1.54, 1.807) is 41.0 Å². The van der Waals surface area contributed by atoms with Gasteiger partial charge in [-0.3, -0.25) is 9.59 Å². The van der Waals surface area contributed by atoms with Gasteiger partial charge >= 0.3 is 11.9 Å². The third-order valence-electron chi connectivity index (χ3n) is 24.2. The van der Waals surface area contributed by atoms with Crippen LogP contribution < -0.4 is 57.2 Å². The average molecular weight is 2010 g/mol. The monoisotopic (exact) mass is 2010 g/mol. The van der Waals surface area contributed by atoms with E-state index < -0.39 is 0 Å². The lowest BCUT2D eigenvalue weighted by atomic mass is 10.1. The van der Waals surface area contributed by atoms with Crippen LogP contribution in [-0.4, -0.2) is 165 Å². The molecule has 0 spiro atoms. The second kappa shape index (κ2) is 62.6. The van der Waals surface area contributed by atoms with Gasteiger partial charge < -0.3 is 39.2 Å². The largest absolute Gasteiger partial charge is 0.375 e. The maximum atomic E-state index is 13.8. The van der Waals surface area contributed by atoms with Gasteiger partial charge in [0.2, 0.25) is 23.2 Å². The lowest BCUT2D eigenvalue weighted by molar-refractivity contribution is -0.700. The second-order valence-corrected chi connectivity index (χ2v) is 42.6. The van der Waals surface area contributed by atoms with Crippen LogP contribution in [-0.2, 0) is 42.8 Å². The first-order chi connectivity index (χ1) is 68.6. The highest BCUT2D eigenvalue weighted by Crippen LogP contribution is 2.32. The molecular weight excluding hydrogens is 1860 g/mol. The highest BCUT2D eigenvalue weighted by Gasteiger charge is 2.18. The highest BCUT2D eigenvalue weighted by molar-refractivity contribution is 8.77. The Morgan fingerprint density at radius 2 is 0.624 bits per heavy atom. The van der Waals surface area contributed by atoms with E-state index >= 15 is 0 Å². The molecule has 0 unspecified atom stereocenters. The Morgan fingerprint density at radius 1 is 0.305 bits per heavy atom. The van der Waals surface area contributed by atoms with Crippen molar-refractivity contribution in [1.29, 1.82) is 0 Å². The van der Waals surface area contributed by atoms with Crippen molar-refractivity contribution in [3.8, 4) is 0 Å². The van der Waals surface area contributed by atoms with Gasteiger partial charge in [0.05, 0.1) is 0 Å². The van der Waals surface area contributed by atoms with E-state index in [0.717, 1.165) is 159 Å². The molecule has 141 heavy (non-hydrogen) atoms. The molecule has 24 heteroatoms. The quantitative estimate of drug-likeness (QED) is 0.0157. The second-order valence-electron chi connectivity index (χ2n) is 34.5. The predicted molar refractivity (Wildman–Crippen MR) is 609 cm³/mol. The number of aromatic amines is 1. The molecule has 0 aliphatic heterocycles. The summed E-state index contributed by atoms with van der Waals surface area (Å²) in [6, 6.07) is 79.2. The molecule has 12 aromatic rings. The summed E-state index contributed by atoms with van der Waals surface area (Å²) >= 11 is 0. The van der Waals surface area contributed by atoms with E-state index in [9.17, 15) is 18.4 Å². The van der Waals surface area contributed by atoms with Crippen molar-refractivity contribution < 1.29 is 46.2 Å². The van der Waals surface area contributed by atoms with Gasteiger partial charge in [-0.1, -0.05) is 210 Å². The summed E-state index contributed by atoms with van der Waals surface area (Å²) in [7, 11) is 29.7. The molecule has 6 heterocycles. The Labute approximate surface area is 864 Å². The van der Waals surface area contributed by atoms with Crippen molar-refractivity contribution in [3.63, 3.8) is 0 Å². The molecular formula is C117H146F2N14O2S6+6. The molecule has 0 saturated carbocycles. The summed E-state index contributed by atoms with van der Waals surface area (Å²) in [5.74, 6) is 5.83. The molecule has 0 aliphatic rings. The number of anilines is 6. The van der Waals surface area contributed by atoms with Crippen molar-refractivity contribution in [1.82, 2.24) is 9.80 Å². The summed E-state index contributed by atoms with van der Waals surface area (Å²) in [4.78, 5) is 45.4. The van der Waals surface area contributed by atoms with Crippen LogP contribution in [0.1, 0.15) is 133 Å². The Morgan fingerprint density at radius 3 is 0.979 bits per heavy atom. The fourth-order valence-electron chi connectivity index (χ4n) is 15.4. The SMILES string of the molecule is CC[n+]1ccc(/C=C/c2ccccc2N(C)CCSSCCN(C)c2ccccc2/C=C/c2cc[n+](CC)cc2)cc1.CC[n+]1ccccc1/C=C/c1ccccc1N(C)CCSSCCN(C)c1ccccc1/C=C/c1cccc[n+]1CC.CN(CCCN(C)c1ccc(/C=C/c2cc[nH+]c(F)c2)cc1)C(=O)CCCSSCCCC(=O)N(C)CCCN(C)c1ccc(/C=C/c2cc[n+](C)c(F)c2)cc1. The first-order valence-corrected chi connectivity index (χ1v) is 56.5. The van der Waals surface area contributed by atoms with Crippen molar-refractivity contribution in [2.45, 2.75) is 92.4 Å². The molecule has 0 saturated heterocycles. The molecule has 0 aliphatic carbocycles. The highest BCUT2D eigenvalue weighted by atomic mass is 33.1. The predicted octanol–water partition coefficient (Wildman–Crippen LogP) is 23.3. The van der Waals surface area contributed by atoms with Gasteiger partial charge in [-0.2, -0.15) is 18.7 Å². The van der Waals surface area contributed by atoms with Crippen LogP contribution in [0.4, 0.5) is 42.9 Å². The summed E-state index contributed by atoms with van der Waals surface area (Å²) < 4.78 is 37.5. The molecule has 2 amide bonds. The smallest absolute Gasteiger partial charge is 0.359 e. The lowest BCUT2D eigenvalue weighted by Crippen LogP contribution is -2.34. The number of rotatable bonds is 53. The normalized spacial score (nSPS) is 11.4. The Hall–Kier alpha value is -11.6. The summed E-state index contributed by atoms with van der Waals surface area (Å²) in [6.07, 6.45) is 46.1. The maximum absolute atomic E-state index is 13.8. The van der Waals surface area contributed by atoms with E-state index in [-0.39, 0.29) is 23.7 Å². The molecule has 1 N–H and O–H groups in total. The molecule has 6 aromatic carbocycles. The van der Waals surface area contributed by atoms with Gasteiger partial charge in [0.25, 0.3) is 0 Å². The first kappa shape index (κ1) is 111. The number of para-hydroxylation sites is 4. The maximum Gasteiger partial charge on any atom is 0.359 e. The summed E-state index contributed by atoms with van der Waals surface area (Å²) in [5, 5.41) is 0. The molecule has 0 fully saturated rings. The topological polar surface area (TPSA) is 93.6 Å². The number of carbonyl (C=O) groups is 2. The first-order valence-electron chi connectivity index (χ1n) is 49.1. The van der Waals surface area contributed by atoms with E-state index in [1.807, 2.05) is 116 Å². The molecule has 0 atom stereocenters. The van der Waals surface area contributed by atoms with E-state index in [4.69, 9.17) is 0 Å². The van der Waals surface area contributed by atoms with Crippen LogP contribution in [0.3, 0.4) is 0 Å². The van der Waals surface area contributed by atoms with Crippen LogP contribution in [0, 0.1) is 11.9 Å². The number of aryl methyl sites for hydroxylation is 5. The van der Waals surface area contributed by atoms with Crippen LogP contribution in [0.2, 0.25) is 0 Å². The number of H-pyrrole nitrogens is 1. The number of nitrogens with one attached hydrogen (secondary N) is 1. The standard InChI is InChI=1S/C45H57F2N6O2S2.2C36H44N4S2/c1-49(40-20-16-36(17-21-40)12-14-38-24-26-48-42(46)34-38)27-8-29-52(4)44(54)10-6-32-56-57-33-7-11-45(55)53(5)30-9-28-50(2)41-22-18-37(19-23-41)13-15-39-25-31-51(3)43(47)35-39;1-5-39-25-13-11-17-33(39)23-21-31-15-7-9-19-35(31)37(3)27-29-41-42-30-28-38(4)36-20-10-8-16-32(36)22-24-34-18-12-14-26-40(34)6-2;1-5-39-23-19-31(20-24-39)15-17-33-11-7-9-13-35(33)37(3)27-29-41-42-30-28-38(4)36-14-10-8-12-34(36)18-16-32-21-25-40(6-2)26-22-32/h12-26,31,34-35H,6-11,27-30,32-33H2,1-5H3;2*7-26H,5-6,27-30H2,1-4H3/q+1;2*+2/p+1/b14-12+;;. The van der Waals surface area contributed by atoms with Crippen molar-refractivity contribution in [3.05, 3.63) is 359 Å². The van der Waals surface area contributed by atoms with Crippen LogP contribution in [0.25, 0.3) is 72.9 Å². The minimum Gasteiger partial charge on any atom is -0.375 e. The number of pyridine rings is 6. The van der Waals surface area contributed by atoms with Crippen LogP contribution in [0.5, 0.6) is 0 Å². The van der Waals surface area contributed by atoms with Crippen LogP contribution >= 0.6 is 64.8 Å². The molecule has 16 nitrogen and oxygen atoms in total. The number of nitrogens with zero attached hydrogens (tertiary/aromatic N) is 13. The number of carbonyl (C=O) groups excluding carboxylic acids is 2. The number of hydrogen-bond acceptors (Lipinski definition) is 14. The Bertz CT molecular complexity index is 5730. The number of hydrogen-bond donors (Lipinski definition) is 0. The Kier molecular flexibility index (Phi) is 49.4. The van der Waals surface area contributed by atoms with Crippen molar-refractivity contribution >= 4 is 184 Å². The zero-order chi connectivity index (χ0) is 100. The average Bonchev–Trinajstić information content (AvgIpc) is 0.850. The van der Waals surface area contributed by atoms with E-state index in [1.165, 1.54) is 84.2 Å². The zero-order valence-corrected chi connectivity index (χ0v) is 89.7. The summed E-state index contributed by atoms with van der Waals surface area (Å²) in [6.45, 7) is 19.7. The molecule has 12 rings (SSSR count). The van der Waals surface area contributed by atoms with Gasteiger partial charge in [-0.15, -0.1) is 8.78 Å². The third-order valence-corrected chi connectivity index (χ3v) is 31.5. The van der Waals surface area contributed by atoms with Crippen LogP contribution in [0.15, 0.2) is 280 Å². The van der Waals surface area contributed by atoms with Gasteiger partial charge in [0.1, 0.15) is 33.2 Å². The van der Waals surface area contributed by atoms with Crippen molar-refractivity contribution in [2.24, 2.45) is 7.05 Å². The number of halogens is 2. The van der Waals surface area contributed by atoms with Crippen molar-refractivity contribution in [2.75, 3.05) is 173 Å². The van der Waals surface area contributed by atoms with Gasteiger partial charge in [-0.25, -0.2) is 9.13 Å². The minimum absolute atomic E-state index is 0.175. The number of benzene rings is 6. The zero-order valence-electron chi connectivity index (χ0n) is 84.8. The van der Waals surface area contributed by atoms with Gasteiger partial charge in [0, 0.05) is 275 Å².